The van der Waals surface area contributed by atoms with Crippen LogP contribution in [0.2, 0.25) is 0 Å². The van der Waals surface area contributed by atoms with E-state index in [-0.39, 0.29) is 43.5 Å². The second-order valence-corrected chi connectivity index (χ2v) is 11.1. The fourth-order valence-electron chi connectivity index (χ4n) is 6.03. The molecule has 0 saturated carbocycles. The number of amides is 3. The first-order valence-electron chi connectivity index (χ1n) is 14.2. The van der Waals surface area contributed by atoms with E-state index in [1.54, 1.807) is 18.2 Å². The second-order valence-electron chi connectivity index (χ2n) is 11.1. The van der Waals surface area contributed by atoms with Gasteiger partial charge in [0.1, 0.15) is 17.9 Å². The molecule has 0 aliphatic carbocycles. The molecular weight excluding hydrogens is 542 g/mol. The number of rotatable bonds is 8. The molecule has 2 N–H and O–H groups in total. The average molecular weight is 575 g/mol. The molecule has 3 amide bonds. The van der Waals surface area contributed by atoms with Crippen LogP contribution in [-0.4, -0.2) is 58.8 Å². The third kappa shape index (κ3) is 5.91. The van der Waals surface area contributed by atoms with Gasteiger partial charge >= 0.3 is 0 Å². The fourth-order valence-corrected chi connectivity index (χ4v) is 6.03. The molecule has 3 aliphatic heterocycles. The summed E-state index contributed by atoms with van der Waals surface area (Å²) in [4.78, 5) is 40.7. The predicted molar refractivity (Wildman–Crippen MR) is 150 cm³/mol. The summed E-state index contributed by atoms with van der Waals surface area (Å²) in [7, 11) is 0. The Balaban J connectivity index is 1.18. The maximum absolute atomic E-state index is 14.4. The van der Waals surface area contributed by atoms with Crippen molar-refractivity contribution >= 4 is 17.7 Å². The smallest absolute Gasteiger partial charge is 0.255 e. The van der Waals surface area contributed by atoms with Gasteiger partial charge in [0.05, 0.1) is 0 Å². The number of likely N-dealkylation sites (tertiary alicyclic amines) is 1. The number of hydrogen-bond donors (Lipinski definition) is 2. The molecular formula is C32H32F2N4O4. The Morgan fingerprint density at radius 2 is 1.81 bits per heavy atom. The van der Waals surface area contributed by atoms with E-state index in [4.69, 9.17) is 4.74 Å². The van der Waals surface area contributed by atoms with Crippen molar-refractivity contribution in [3.8, 4) is 5.75 Å². The lowest BCUT2D eigenvalue weighted by molar-refractivity contribution is -0.136. The number of nitrogens with zero attached hydrogens (tertiary/aromatic N) is 2. The van der Waals surface area contributed by atoms with Gasteiger partial charge in [-0.2, -0.15) is 0 Å². The lowest BCUT2D eigenvalue weighted by Gasteiger charge is -2.39. The van der Waals surface area contributed by atoms with Gasteiger partial charge in [-0.15, -0.1) is 0 Å². The van der Waals surface area contributed by atoms with Crippen LogP contribution in [0.15, 0.2) is 66.7 Å². The summed E-state index contributed by atoms with van der Waals surface area (Å²) in [6.45, 7) is 2.34. The first-order valence-corrected chi connectivity index (χ1v) is 14.2. The minimum absolute atomic E-state index is 0.00586. The van der Waals surface area contributed by atoms with Crippen LogP contribution in [0.3, 0.4) is 0 Å². The minimum atomic E-state index is -0.862. The van der Waals surface area contributed by atoms with Gasteiger partial charge in [-0.3, -0.25) is 24.6 Å². The van der Waals surface area contributed by atoms with Gasteiger partial charge in [0.2, 0.25) is 11.8 Å². The summed E-state index contributed by atoms with van der Waals surface area (Å²) in [6.07, 6.45) is 0.924. The number of carbonyl (C=O) groups excluding carboxylic acids is 3. The molecule has 3 aliphatic rings. The molecule has 8 nitrogen and oxygen atoms in total. The van der Waals surface area contributed by atoms with E-state index in [1.807, 2.05) is 24.3 Å². The number of ether oxygens (including phenoxy) is 1. The van der Waals surface area contributed by atoms with E-state index in [1.165, 1.54) is 11.0 Å². The normalized spacial score (nSPS) is 22.7. The fraction of sp³-hybridized carbons (Fsp3) is 0.344. The maximum Gasteiger partial charge on any atom is 0.255 e. The van der Waals surface area contributed by atoms with Crippen LogP contribution in [-0.2, 0) is 29.2 Å². The van der Waals surface area contributed by atoms with Gasteiger partial charge in [-0.05, 0) is 48.2 Å². The Bertz CT molecular complexity index is 1500. The lowest BCUT2D eigenvalue weighted by Crippen LogP contribution is -2.54. The van der Waals surface area contributed by atoms with Gasteiger partial charge in [0.25, 0.3) is 5.91 Å². The van der Waals surface area contributed by atoms with Gasteiger partial charge in [0.15, 0.2) is 11.6 Å². The molecule has 10 heteroatoms. The van der Waals surface area contributed by atoms with E-state index in [2.05, 4.69) is 27.7 Å². The minimum Gasteiger partial charge on any atom is -0.487 e. The molecule has 3 aromatic rings. The molecule has 3 atom stereocenters. The van der Waals surface area contributed by atoms with E-state index >= 15 is 0 Å². The van der Waals surface area contributed by atoms with Gasteiger partial charge in [-0.25, -0.2) is 8.78 Å². The highest BCUT2D eigenvalue weighted by Crippen LogP contribution is 2.31. The molecule has 2 fully saturated rings. The average Bonchev–Trinajstić information content (AvgIpc) is 3.30. The lowest BCUT2D eigenvalue weighted by atomic mass is 10.00. The van der Waals surface area contributed by atoms with Crippen LogP contribution in [0.5, 0.6) is 5.75 Å². The summed E-state index contributed by atoms with van der Waals surface area (Å²) >= 11 is 0. The topological polar surface area (TPSA) is 91.0 Å². The molecule has 0 spiro atoms. The van der Waals surface area contributed by atoms with Gasteiger partial charge < -0.3 is 15.0 Å². The molecule has 0 bridgehead atoms. The van der Waals surface area contributed by atoms with Crippen LogP contribution in [0.25, 0.3) is 0 Å². The van der Waals surface area contributed by atoms with Crippen LogP contribution in [0, 0.1) is 11.6 Å². The molecule has 6 rings (SSSR count). The summed E-state index contributed by atoms with van der Waals surface area (Å²) in [5, 5.41) is 5.93. The van der Waals surface area contributed by atoms with Crippen molar-refractivity contribution in [1.29, 1.82) is 0 Å². The monoisotopic (exact) mass is 574 g/mol. The first kappa shape index (κ1) is 28.0. The maximum atomic E-state index is 14.4. The van der Waals surface area contributed by atoms with Gasteiger partial charge in [0, 0.05) is 56.3 Å². The third-order valence-corrected chi connectivity index (χ3v) is 8.26. The van der Waals surface area contributed by atoms with Crippen molar-refractivity contribution < 1.29 is 27.9 Å². The number of carbonyl (C=O) groups is 3. The Kier molecular flexibility index (Phi) is 7.99. The van der Waals surface area contributed by atoms with E-state index in [9.17, 15) is 23.2 Å². The van der Waals surface area contributed by atoms with Gasteiger partial charge in [-0.1, -0.05) is 42.5 Å². The molecule has 218 valence electrons. The van der Waals surface area contributed by atoms with Crippen molar-refractivity contribution in [2.24, 2.45) is 0 Å². The number of benzene rings is 3. The van der Waals surface area contributed by atoms with Crippen molar-refractivity contribution in [1.82, 2.24) is 20.4 Å². The molecule has 1 unspecified atom stereocenters. The number of halogens is 2. The van der Waals surface area contributed by atoms with Crippen molar-refractivity contribution in [3.63, 3.8) is 0 Å². The quantitative estimate of drug-likeness (QED) is 0.400. The SMILES string of the molecule is O=C1CCC(N2Cc3cc(O[C@H]4CN(Cc5cccc(F)c5F)CC[C@@H]4NCc4ccccc4)ccc3C2=O)C(=O)N1. The molecule has 0 radical (unpaired) electrons. The second kappa shape index (κ2) is 12.0. The summed E-state index contributed by atoms with van der Waals surface area (Å²) < 4.78 is 34.8. The molecule has 3 aromatic carbocycles. The molecule has 42 heavy (non-hydrogen) atoms. The highest BCUT2D eigenvalue weighted by Gasteiger charge is 2.39. The number of imide groups is 1. The van der Waals surface area contributed by atoms with Crippen LogP contribution in [0.4, 0.5) is 8.78 Å². The van der Waals surface area contributed by atoms with Crippen LogP contribution >= 0.6 is 0 Å². The van der Waals surface area contributed by atoms with Crippen molar-refractivity contribution in [2.45, 2.75) is 57.1 Å². The molecule has 2 saturated heterocycles. The Labute approximate surface area is 242 Å². The van der Waals surface area contributed by atoms with Crippen LogP contribution in [0.1, 0.15) is 46.3 Å². The standard InChI is InChI=1S/C32H32F2N4O4/c33-25-8-4-7-21(30(25)34)17-37-14-13-26(35-16-20-5-2-1-3-6-20)28(19-37)42-23-9-10-24-22(15-23)18-38(32(24)41)27-11-12-29(39)36-31(27)40/h1-10,15,26-28,35H,11-14,16-19H2,(H,36,39,40)/t26-,27?,28-/m0/s1. The number of piperidine rings is 2. The van der Waals surface area contributed by atoms with E-state index in [0.717, 1.165) is 23.6 Å². The Morgan fingerprint density at radius 1 is 0.976 bits per heavy atom. The summed E-state index contributed by atoms with van der Waals surface area (Å²) in [5.74, 6) is -2.13. The summed E-state index contributed by atoms with van der Waals surface area (Å²) in [5.41, 5.74) is 2.71. The first-order chi connectivity index (χ1) is 20.4. The Hall–Kier alpha value is -4.15. The predicted octanol–water partition coefficient (Wildman–Crippen LogP) is 3.54. The van der Waals surface area contributed by atoms with E-state index in [0.29, 0.717) is 42.9 Å². The Morgan fingerprint density at radius 3 is 2.62 bits per heavy atom. The third-order valence-electron chi connectivity index (χ3n) is 8.26. The van der Waals surface area contributed by atoms with Crippen LogP contribution < -0.4 is 15.4 Å². The number of nitrogens with one attached hydrogen (secondary N) is 2. The zero-order chi connectivity index (χ0) is 29.2. The van der Waals surface area contributed by atoms with Crippen molar-refractivity contribution in [3.05, 3.63) is 101 Å². The zero-order valence-corrected chi connectivity index (χ0v) is 23.0. The van der Waals surface area contributed by atoms with Crippen molar-refractivity contribution in [2.75, 3.05) is 13.1 Å². The number of hydrogen-bond acceptors (Lipinski definition) is 6. The largest absolute Gasteiger partial charge is 0.487 e. The number of fused-ring (bicyclic) bond motifs is 1. The molecule has 0 aromatic heterocycles. The summed E-state index contributed by atoms with van der Waals surface area (Å²) in [6, 6.07) is 18.9. The van der Waals surface area contributed by atoms with E-state index < -0.39 is 23.6 Å². The highest BCUT2D eigenvalue weighted by molar-refractivity contribution is 6.05. The zero-order valence-electron chi connectivity index (χ0n) is 23.0. The highest BCUT2D eigenvalue weighted by atomic mass is 19.2. The molecule has 3 heterocycles.